The molecule has 3 unspecified atom stereocenters. The van der Waals surface area contributed by atoms with Crippen molar-refractivity contribution >= 4 is 27.6 Å². The van der Waals surface area contributed by atoms with Gasteiger partial charge in [0.2, 0.25) is 10.0 Å². The third kappa shape index (κ3) is 5.02. The Kier molecular flexibility index (Phi) is 6.92. The third-order valence-corrected chi connectivity index (χ3v) is 8.25. The van der Waals surface area contributed by atoms with E-state index in [9.17, 15) is 18.5 Å². The number of carboxylic acid groups (broad SMARTS) is 2. The Morgan fingerprint density at radius 3 is 2.10 bits per heavy atom. The monoisotopic (exact) mass is 455 g/mol. The summed E-state index contributed by atoms with van der Waals surface area (Å²) in [6.45, 7) is 2.24. The number of piperazine rings is 1. The number of carbonyl (C=O) groups is 2. The van der Waals surface area contributed by atoms with Crippen LogP contribution in [0.5, 0.6) is 0 Å². The van der Waals surface area contributed by atoms with Gasteiger partial charge in [0.15, 0.2) is 4.90 Å². The molecule has 31 heavy (non-hydrogen) atoms. The summed E-state index contributed by atoms with van der Waals surface area (Å²) in [7, 11) is -3.83. The molecule has 1 saturated heterocycles. The minimum absolute atomic E-state index is 0.201. The topological polar surface area (TPSA) is 158 Å². The second kappa shape index (κ2) is 9.28. The van der Waals surface area contributed by atoms with Gasteiger partial charge in [-0.15, -0.1) is 0 Å². The Morgan fingerprint density at radius 1 is 1.00 bits per heavy atom. The van der Waals surface area contributed by atoms with Gasteiger partial charge in [0.05, 0.1) is 4.92 Å². The number of aliphatic carboxylic acids is 2. The van der Waals surface area contributed by atoms with E-state index in [4.69, 9.17) is 19.8 Å². The Morgan fingerprint density at radius 2 is 1.61 bits per heavy atom. The van der Waals surface area contributed by atoms with Gasteiger partial charge in [-0.25, -0.2) is 18.0 Å². The van der Waals surface area contributed by atoms with Crippen molar-refractivity contribution in [2.24, 2.45) is 11.8 Å². The molecule has 3 fully saturated rings. The first kappa shape index (κ1) is 23.1. The predicted molar refractivity (Wildman–Crippen MR) is 108 cm³/mol. The van der Waals surface area contributed by atoms with Crippen LogP contribution < -0.4 is 0 Å². The molecule has 2 N–H and O–H groups in total. The number of benzene rings is 1. The van der Waals surface area contributed by atoms with Crippen LogP contribution in [0.15, 0.2) is 29.2 Å². The third-order valence-electron chi connectivity index (χ3n) is 6.31. The number of rotatable bonds is 4. The first-order valence-corrected chi connectivity index (χ1v) is 11.5. The highest BCUT2D eigenvalue weighted by atomic mass is 32.2. The molecule has 3 aliphatic rings. The molecule has 2 bridgehead atoms. The zero-order valence-corrected chi connectivity index (χ0v) is 17.6. The molecule has 1 aromatic carbocycles. The van der Waals surface area contributed by atoms with Gasteiger partial charge in [-0.3, -0.25) is 15.0 Å². The molecule has 0 aromatic heterocycles. The van der Waals surface area contributed by atoms with Crippen molar-refractivity contribution in [2.75, 3.05) is 26.2 Å². The average Bonchev–Trinajstić information content (AvgIpc) is 3.38. The van der Waals surface area contributed by atoms with Gasteiger partial charge in [0.25, 0.3) is 5.69 Å². The number of nitrogens with zero attached hydrogens (tertiary/aromatic N) is 3. The fourth-order valence-corrected chi connectivity index (χ4v) is 6.48. The van der Waals surface area contributed by atoms with E-state index in [0.717, 1.165) is 11.8 Å². The minimum atomic E-state index is -3.83. The second-order valence-corrected chi connectivity index (χ2v) is 9.92. The van der Waals surface area contributed by atoms with Crippen LogP contribution in [-0.4, -0.2) is 76.9 Å². The molecule has 0 radical (unpaired) electrons. The van der Waals surface area contributed by atoms with E-state index < -0.39 is 26.9 Å². The van der Waals surface area contributed by atoms with Crippen molar-refractivity contribution < 1.29 is 33.1 Å². The van der Waals surface area contributed by atoms with Crippen LogP contribution in [0.1, 0.15) is 25.7 Å². The minimum Gasteiger partial charge on any atom is -0.473 e. The number of hydrogen-bond donors (Lipinski definition) is 2. The zero-order valence-electron chi connectivity index (χ0n) is 16.8. The first-order chi connectivity index (χ1) is 14.6. The van der Waals surface area contributed by atoms with Crippen LogP contribution in [-0.2, 0) is 19.6 Å². The summed E-state index contributed by atoms with van der Waals surface area (Å²) in [6, 6.07) is 6.21. The van der Waals surface area contributed by atoms with Crippen LogP contribution in [0.4, 0.5) is 5.69 Å². The van der Waals surface area contributed by atoms with E-state index in [-0.39, 0.29) is 10.6 Å². The van der Waals surface area contributed by atoms with E-state index in [1.165, 1.54) is 54.3 Å². The fraction of sp³-hybridized carbons (Fsp3) is 0.579. The summed E-state index contributed by atoms with van der Waals surface area (Å²) in [5, 5.41) is 25.9. The maximum absolute atomic E-state index is 12.9. The highest BCUT2D eigenvalue weighted by Gasteiger charge is 2.43. The molecular weight excluding hydrogens is 430 g/mol. The normalized spacial score (nSPS) is 26.1. The molecule has 2 aliphatic carbocycles. The predicted octanol–water partition coefficient (Wildman–Crippen LogP) is 1.25. The molecule has 2 saturated carbocycles. The Labute approximate surface area is 179 Å². The van der Waals surface area contributed by atoms with Gasteiger partial charge in [-0.2, -0.15) is 4.31 Å². The van der Waals surface area contributed by atoms with Crippen LogP contribution >= 0.6 is 0 Å². The summed E-state index contributed by atoms with van der Waals surface area (Å²) >= 11 is 0. The van der Waals surface area contributed by atoms with Gasteiger partial charge in [0, 0.05) is 38.3 Å². The molecule has 1 heterocycles. The van der Waals surface area contributed by atoms with Crippen molar-refractivity contribution in [1.82, 2.24) is 9.21 Å². The molecule has 0 spiro atoms. The summed E-state index contributed by atoms with van der Waals surface area (Å²) in [5.41, 5.74) is -0.349. The van der Waals surface area contributed by atoms with E-state index in [0.29, 0.717) is 32.2 Å². The molecule has 3 atom stereocenters. The summed E-state index contributed by atoms with van der Waals surface area (Å²) < 4.78 is 27.1. The van der Waals surface area contributed by atoms with Gasteiger partial charge >= 0.3 is 11.9 Å². The largest absolute Gasteiger partial charge is 0.473 e. The van der Waals surface area contributed by atoms with E-state index >= 15 is 0 Å². The first-order valence-electron chi connectivity index (χ1n) is 10.0. The maximum Gasteiger partial charge on any atom is 0.414 e. The lowest BCUT2D eigenvalue weighted by Crippen LogP contribution is -2.53. The number of fused-ring (bicyclic) bond motifs is 2. The van der Waals surface area contributed by atoms with Crippen molar-refractivity contribution in [3.8, 4) is 0 Å². The lowest BCUT2D eigenvalue weighted by atomic mass is 9.93. The lowest BCUT2D eigenvalue weighted by Gasteiger charge is -2.40. The molecular formula is C19H25N3O8S. The standard InChI is InChI=1S/C17H23N3O4S.C2H2O4/c21-20(22)15-3-1-2-4-17(15)25(23,24)19-9-7-18(8-10-19)16-12-13-5-6-14(16)11-13;3-1(4)2(5)6/h1-4,13-14,16H,5-12H2;(H,3,4)(H,5,6). The highest BCUT2D eigenvalue weighted by Crippen LogP contribution is 2.46. The number of nitro benzene ring substituents is 1. The van der Waals surface area contributed by atoms with E-state index in [2.05, 4.69) is 4.90 Å². The summed E-state index contributed by atoms with van der Waals surface area (Å²) in [4.78, 5) is 31.0. The highest BCUT2D eigenvalue weighted by molar-refractivity contribution is 7.89. The molecule has 11 nitrogen and oxygen atoms in total. The lowest BCUT2D eigenvalue weighted by molar-refractivity contribution is -0.387. The number of hydrogen-bond acceptors (Lipinski definition) is 7. The smallest absolute Gasteiger partial charge is 0.414 e. The molecule has 1 aromatic rings. The van der Waals surface area contributed by atoms with Gasteiger partial charge in [-0.1, -0.05) is 18.6 Å². The van der Waals surface area contributed by atoms with Crippen molar-refractivity contribution in [1.29, 1.82) is 0 Å². The van der Waals surface area contributed by atoms with Gasteiger partial charge in [0.1, 0.15) is 0 Å². The van der Waals surface area contributed by atoms with E-state index in [1.807, 2.05) is 0 Å². The second-order valence-electron chi connectivity index (χ2n) is 8.02. The average molecular weight is 455 g/mol. The van der Waals surface area contributed by atoms with Crippen molar-refractivity contribution in [3.05, 3.63) is 34.4 Å². The summed E-state index contributed by atoms with van der Waals surface area (Å²) in [6.07, 6.45) is 5.25. The Bertz CT molecular complexity index is 947. The van der Waals surface area contributed by atoms with Crippen molar-refractivity contribution in [3.63, 3.8) is 0 Å². The van der Waals surface area contributed by atoms with Gasteiger partial charge in [-0.05, 0) is 37.2 Å². The summed E-state index contributed by atoms with van der Waals surface area (Å²) in [5.74, 6) is -2.00. The quantitative estimate of drug-likeness (QED) is 0.387. The number of carboxylic acids is 2. The van der Waals surface area contributed by atoms with Crippen molar-refractivity contribution in [2.45, 2.75) is 36.6 Å². The SMILES string of the molecule is O=C(O)C(=O)O.O=[N+]([O-])c1ccccc1S(=O)(=O)N1CCN(C2CC3CCC2C3)CC1. The molecule has 0 amide bonds. The Balaban J connectivity index is 0.000000401. The van der Waals surface area contributed by atoms with Crippen LogP contribution in [0.2, 0.25) is 0 Å². The number of para-hydroxylation sites is 1. The number of nitro groups is 1. The maximum atomic E-state index is 12.9. The molecule has 12 heteroatoms. The van der Waals surface area contributed by atoms with E-state index in [1.54, 1.807) is 0 Å². The number of sulfonamides is 1. The molecule has 1 aliphatic heterocycles. The van der Waals surface area contributed by atoms with Gasteiger partial charge < -0.3 is 10.2 Å². The van der Waals surface area contributed by atoms with Crippen LogP contribution in [0, 0.1) is 22.0 Å². The zero-order chi connectivity index (χ0) is 22.8. The fourth-order valence-electron chi connectivity index (χ4n) is 4.90. The molecule has 170 valence electrons. The van der Waals surface area contributed by atoms with Crippen LogP contribution in [0.3, 0.4) is 0 Å². The van der Waals surface area contributed by atoms with Crippen LogP contribution in [0.25, 0.3) is 0 Å². The Hall–Kier alpha value is -2.57. The molecule has 4 rings (SSSR count).